The van der Waals surface area contributed by atoms with Crippen LogP contribution >= 0.6 is 24.0 Å². The monoisotopic (exact) mass is 494 g/mol. The van der Waals surface area contributed by atoms with Gasteiger partial charge in [-0.05, 0) is 43.5 Å². The van der Waals surface area contributed by atoms with Crippen LogP contribution in [0.1, 0.15) is 31.2 Å². The molecule has 148 valence electrons. The van der Waals surface area contributed by atoms with Crippen molar-refractivity contribution in [2.75, 3.05) is 13.1 Å². The molecule has 0 saturated heterocycles. The summed E-state index contributed by atoms with van der Waals surface area (Å²) in [6, 6.07) is 12.8. The topological polar surface area (TPSA) is 66.6 Å². The molecule has 4 rings (SSSR count). The average Bonchev–Trinajstić information content (AvgIpc) is 3.37. The minimum absolute atomic E-state index is 0. The zero-order valence-electron chi connectivity index (χ0n) is 15.7. The maximum absolute atomic E-state index is 14.2. The molecule has 1 aliphatic carbocycles. The van der Waals surface area contributed by atoms with Crippen LogP contribution in [0.5, 0.6) is 0 Å². The largest absolute Gasteiger partial charge is 0.357 e. The van der Waals surface area contributed by atoms with E-state index in [1.54, 1.807) is 6.07 Å². The minimum Gasteiger partial charge on any atom is -0.357 e. The fraction of sp³-hybridized carbons (Fsp3) is 0.350. The molecule has 2 heterocycles. The molecule has 0 aliphatic heterocycles. The first-order valence-electron chi connectivity index (χ1n) is 9.28. The highest BCUT2D eigenvalue weighted by molar-refractivity contribution is 14.0. The Hall–Kier alpha value is -2.23. The average molecular weight is 494 g/mol. The van der Waals surface area contributed by atoms with E-state index in [2.05, 4.69) is 25.8 Å². The first kappa shape index (κ1) is 20.5. The van der Waals surface area contributed by atoms with Crippen molar-refractivity contribution in [3.63, 3.8) is 0 Å². The lowest BCUT2D eigenvalue weighted by molar-refractivity contribution is 0.559. The number of pyridine rings is 1. The SMILES string of the molecule is CCNC(=NCc1nnc2ccccn12)NCC1(c2ccccc2F)CC1.I. The Morgan fingerprint density at radius 1 is 1.14 bits per heavy atom. The molecular weight excluding hydrogens is 470 g/mol. The standard InChI is InChI=1S/C20H23FN6.HI/c1-2-22-19(23-13-18-26-25-17-9-5-6-12-27(17)18)24-14-20(10-11-20)15-7-3-4-8-16(15)21;/h3-9,12H,2,10-11,13-14H2,1H3,(H2,22,23,24);1H. The highest BCUT2D eigenvalue weighted by Crippen LogP contribution is 2.48. The highest BCUT2D eigenvalue weighted by atomic mass is 127. The van der Waals surface area contributed by atoms with Gasteiger partial charge >= 0.3 is 0 Å². The van der Waals surface area contributed by atoms with Gasteiger partial charge in [0.25, 0.3) is 0 Å². The van der Waals surface area contributed by atoms with E-state index in [9.17, 15) is 4.39 Å². The van der Waals surface area contributed by atoms with E-state index in [1.165, 1.54) is 6.07 Å². The Morgan fingerprint density at radius 2 is 1.93 bits per heavy atom. The van der Waals surface area contributed by atoms with Gasteiger partial charge in [-0.15, -0.1) is 34.2 Å². The molecule has 3 aromatic rings. The van der Waals surface area contributed by atoms with Crippen molar-refractivity contribution in [3.05, 3.63) is 65.9 Å². The van der Waals surface area contributed by atoms with Crippen molar-refractivity contribution < 1.29 is 4.39 Å². The van der Waals surface area contributed by atoms with Gasteiger partial charge in [0.15, 0.2) is 17.4 Å². The highest BCUT2D eigenvalue weighted by Gasteiger charge is 2.45. The summed E-state index contributed by atoms with van der Waals surface area (Å²) >= 11 is 0. The van der Waals surface area contributed by atoms with Crippen LogP contribution in [0.3, 0.4) is 0 Å². The fourth-order valence-corrected chi connectivity index (χ4v) is 3.33. The molecule has 2 aromatic heterocycles. The van der Waals surface area contributed by atoms with Crippen LogP contribution in [0.2, 0.25) is 0 Å². The van der Waals surface area contributed by atoms with Crippen molar-refractivity contribution in [1.29, 1.82) is 0 Å². The van der Waals surface area contributed by atoms with E-state index in [0.717, 1.165) is 36.4 Å². The maximum atomic E-state index is 14.2. The number of aliphatic imine (C=N–C) groups is 1. The number of nitrogens with one attached hydrogen (secondary N) is 2. The van der Waals surface area contributed by atoms with E-state index in [-0.39, 0.29) is 35.2 Å². The second-order valence-electron chi connectivity index (χ2n) is 6.85. The van der Waals surface area contributed by atoms with Crippen LogP contribution in [0, 0.1) is 5.82 Å². The lowest BCUT2D eigenvalue weighted by Gasteiger charge is -2.19. The number of rotatable bonds is 6. The van der Waals surface area contributed by atoms with Crippen LogP contribution in [0.15, 0.2) is 53.7 Å². The second kappa shape index (κ2) is 8.85. The predicted octanol–water partition coefficient (Wildman–Crippen LogP) is 3.27. The number of guanidine groups is 1. The van der Waals surface area contributed by atoms with Crippen molar-refractivity contribution in [3.8, 4) is 0 Å². The molecule has 1 saturated carbocycles. The van der Waals surface area contributed by atoms with Gasteiger partial charge in [-0.25, -0.2) is 9.38 Å². The van der Waals surface area contributed by atoms with Gasteiger partial charge in [0.1, 0.15) is 12.4 Å². The summed E-state index contributed by atoms with van der Waals surface area (Å²) in [7, 11) is 0. The molecule has 1 fully saturated rings. The van der Waals surface area contributed by atoms with Crippen molar-refractivity contribution >= 4 is 35.6 Å². The summed E-state index contributed by atoms with van der Waals surface area (Å²) in [5.41, 5.74) is 1.46. The summed E-state index contributed by atoms with van der Waals surface area (Å²) in [6.07, 6.45) is 3.89. The molecule has 0 bridgehead atoms. The van der Waals surface area contributed by atoms with E-state index in [1.807, 2.05) is 47.9 Å². The minimum atomic E-state index is -0.136. The normalized spacial score (nSPS) is 15.1. The Kier molecular flexibility index (Phi) is 6.48. The Bertz CT molecular complexity index is 966. The number of nitrogens with zero attached hydrogens (tertiary/aromatic N) is 4. The van der Waals surface area contributed by atoms with Crippen molar-refractivity contribution in [1.82, 2.24) is 25.2 Å². The Balaban J connectivity index is 0.00000225. The predicted molar refractivity (Wildman–Crippen MR) is 119 cm³/mol. The first-order valence-corrected chi connectivity index (χ1v) is 9.28. The Labute approximate surface area is 180 Å². The number of hydrogen-bond acceptors (Lipinski definition) is 3. The third kappa shape index (κ3) is 4.26. The van der Waals surface area contributed by atoms with Crippen LogP contribution in [0.25, 0.3) is 5.65 Å². The van der Waals surface area contributed by atoms with E-state index in [0.29, 0.717) is 19.0 Å². The third-order valence-electron chi connectivity index (χ3n) is 5.00. The number of halogens is 2. The van der Waals surface area contributed by atoms with E-state index >= 15 is 0 Å². The molecule has 0 atom stereocenters. The molecule has 0 amide bonds. The lowest BCUT2D eigenvalue weighted by atomic mass is 9.95. The summed E-state index contributed by atoms with van der Waals surface area (Å²) < 4.78 is 16.1. The zero-order valence-corrected chi connectivity index (χ0v) is 18.1. The summed E-state index contributed by atoms with van der Waals surface area (Å²) in [5, 5.41) is 15.0. The van der Waals surface area contributed by atoms with Crippen LogP contribution in [0.4, 0.5) is 4.39 Å². The summed E-state index contributed by atoms with van der Waals surface area (Å²) in [5.74, 6) is 1.35. The van der Waals surface area contributed by atoms with Gasteiger partial charge < -0.3 is 10.6 Å². The van der Waals surface area contributed by atoms with Crippen molar-refractivity contribution in [2.45, 2.75) is 31.7 Å². The number of aromatic nitrogens is 3. The molecule has 0 radical (unpaired) electrons. The first-order chi connectivity index (χ1) is 13.2. The summed E-state index contributed by atoms with van der Waals surface area (Å²) in [6.45, 7) is 3.83. The zero-order chi connectivity index (χ0) is 18.7. The fourth-order valence-electron chi connectivity index (χ4n) is 3.33. The smallest absolute Gasteiger partial charge is 0.191 e. The van der Waals surface area contributed by atoms with E-state index in [4.69, 9.17) is 0 Å². The van der Waals surface area contributed by atoms with Crippen LogP contribution in [-0.2, 0) is 12.0 Å². The maximum Gasteiger partial charge on any atom is 0.191 e. The molecule has 2 N–H and O–H groups in total. The number of benzene rings is 1. The van der Waals surface area contributed by atoms with Gasteiger partial charge in [-0.3, -0.25) is 4.40 Å². The third-order valence-corrected chi connectivity index (χ3v) is 5.00. The molecule has 1 aliphatic rings. The van der Waals surface area contributed by atoms with E-state index < -0.39 is 0 Å². The van der Waals surface area contributed by atoms with Crippen LogP contribution in [-0.4, -0.2) is 33.6 Å². The molecule has 28 heavy (non-hydrogen) atoms. The molecule has 1 aromatic carbocycles. The number of fused-ring (bicyclic) bond motifs is 1. The molecule has 8 heteroatoms. The van der Waals surface area contributed by atoms with Gasteiger partial charge in [0.05, 0.1) is 0 Å². The van der Waals surface area contributed by atoms with Crippen LogP contribution < -0.4 is 10.6 Å². The van der Waals surface area contributed by atoms with Gasteiger partial charge in [-0.2, -0.15) is 0 Å². The molecular formula is C20H24FIN6. The lowest BCUT2D eigenvalue weighted by Crippen LogP contribution is -2.41. The van der Waals surface area contributed by atoms with Gasteiger partial charge in [-0.1, -0.05) is 24.3 Å². The molecule has 6 nitrogen and oxygen atoms in total. The quantitative estimate of drug-likeness (QED) is 0.314. The number of hydrogen-bond donors (Lipinski definition) is 2. The summed E-state index contributed by atoms with van der Waals surface area (Å²) in [4.78, 5) is 4.63. The Morgan fingerprint density at radius 3 is 2.68 bits per heavy atom. The molecule has 0 spiro atoms. The second-order valence-corrected chi connectivity index (χ2v) is 6.85. The van der Waals surface area contributed by atoms with Gasteiger partial charge in [0, 0.05) is 24.7 Å². The molecule has 0 unspecified atom stereocenters. The van der Waals surface area contributed by atoms with Gasteiger partial charge in [0.2, 0.25) is 0 Å². The van der Waals surface area contributed by atoms with Crippen molar-refractivity contribution in [2.24, 2.45) is 4.99 Å².